The van der Waals surface area contributed by atoms with E-state index < -0.39 is 5.54 Å². The zero-order valence-electron chi connectivity index (χ0n) is 10.3. The molecule has 2 amide bonds. The number of hydrogen-bond acceptors (Lipinski definition) is 3. The number of hydrogen-bond donors (Lipinski definition) is 3. The van der Waals surface area contributed by atoms with Crippen molar-refractivity contribution in [3.8, 4) is 0 Å². The van der Waals surface area contributed by atoms with Crippen molar-refractivity contribution in [3.63, 3.8) is 0 Å². The molecule has 0 saturated carbocycles. The van der Waals surface area contributed by atoms with Crippen LogP contribution < -0.4 is 16.4 Å². The highest BCUT2D eigenvalue weighted by atomic mass is 16.2. The highest BCUT2D eigenvalue weighted by Gasteiger charge is 2.40. The van der Waals surface area contributed by atoms with Crippen molar-refractivity contribution in [2.24, 2.45) is 0 Å². The SMILES string of the molecule is CNC(=O)C1(NC=O)CCc2ccc(N)cc2C1. The molecule has 0 fully saturated rings. The minimum absolute atomic E-state index is 0.164. The first-order valence-electron chi connectivity index (χ1n) is 5.92. The third-order valence-corrected chi connectivity index (χ3v) is 3.54. The number of anilines is 1. The van der Waals surface area contributed by atoms with E-state index in [0.717, 1.165) is 12.0 Å². The Hall–Kier alpha value is -2.04. The van der Waals surface area contributed by atoms with Crippen LogP contribution in [0.4, 0.5) is 5.69 Å². The van der Waals surface area contributed by atoms with Crippen molar-refractivity contribution in [3.05, 3.63) is 29.3 Å². The number of amides is 2. The number of nitrogens with two attached hydrogens (primary N) is 1. The number of carbonyl (C=O) groups is 2. The van der Waals surface area contributed by atoms with Crippen LogP contribution in [0.25, 0.3) is 0 Å². The maximum Gasteiger partial charge on any atom is 0.245 e. The second-order valence-corrected chi connectivity index (χ2v) is 4.63. The first-order chi connectivity index (χ1) is 8.61. The number of benzene rings is 1. The second-order valence-electron chi connectivity index (χ2n) is 4.63. The van der Waals surface area contributed by atoms with Gasteiger partial charge in [-0.2, -0.15) is 0 Å². The van der Waals surface area contributed by atoms with Gasteiger partial charge < -0.3 is 16.4 Å². The quantitative estimate of drug-likeness (QED) is 0.519. The molecule has 0 bridgehead atoms. The molecule has 0 heterocycles. The summed E-state index contributed by atoms with van der Waals surface area (Å²) in [5.74, 6) is -0.164. The lowest BCUT2D eigenvalue weighted by Crippen LogP contribution is -2.59. The highest BCUT2D eigenvalue weighted by Crippen LogP contribution is 2.30. The molecule has 1 atom stereocenters. The summed E-state index contributed by atoms with van der Waals surface area (Å²) in [6.45, 7) is 0. The Morgan fingerprint density at radius 2 is 2.22 bits per heavy atom. The zero-order valence-corrected chi connectivity index (χ0v) is 10.3. The fourth-order valence-corrected chi connectivity index (χ4v) is 2.55. The molecule has 2 rings (SSSR count). The first-order valence-corrected chi connectivity index (χ1v) is 5.92. The third kappa shape index (κ3) is 2.03. The molecule has 4 N–H and O–H groups in total. The summed E-state index contributed by atoms with van der Waals surface area (Å²) in [4.78, 5) is 22.8. The van der Waals surface area contributed by atoms with Crippen LogP contribution in [0, 0.1) is 0 Å². The van der Waals surface area contributed by atoms with Crippen molar-refractivity contribution in [1.82, 2.24) is 10.6 Å². The van der Waals surface area contributed by atoms with Crippen LogP contribution in [0.5, 0.6) is 0 Å². The Balaban J connectivity index is 2.37. The molecule has 1 aliphatic carbocycles. The second kappa shape index (κ2) is 4.68. The molecule has 0 aliphatic heterocycles. The van der Waals surface area contributed by atoms with Crippen LogP contribution in [-0.2, 0) is 22.4 Å². The molecule has 1 unspecified atom stereocenters. The van der Waals surface area contributed by atoms with Gasteiger partial charge in [0.25, 0.3) is 0 Å². The van der Waals surface area contributed by atoms with Gasteiger partial charge in [-0.1, -0.05) is 6.07 Å². The number of fused-ring (bicyclic) bond motifs is 1. The number of nitrogens with one attached hydrogen (secondary N) is 2. The van der Waals surface area contributed by atoms with Crippen LogP contribution in [0.15, 0.2) is 18.2 Å². The lowest BCUT2D eigenvalue weighted by molar-refractivity contribution is -0.130. The van der Waals surface area contributed by atoms with E-state index in [1.165, 1.54) is 5.56 Å². The van der Waals surface area contributed by atoms with E-state index in [-0.39, 0.29) is 5.91 Å². The van der Waals surface area contributed by atoms with Gasteiger partial charge >= 0.3 is 0 Å². The van der Waals surface area contributed by atoms with Crippen molar-refractivity contribution in [1.29, 1.82) is 0 Å². The van der Waals surface area contributed by atoms with E-state index in [1.54, 1.807) is 7.05 Å². The Morgan fingerprint density at radius 3 is 2.89 bits per heavy atom. The summed E-state index contributed by atoms with van der Waals surface area (Å²) >= 11 is 0. The number of aryl methyl sites for hydroxylation is 1. The molecule has 1 aromatic carbocycles. The number of likely N-dealkylation sites (N-methyl/N-ethyl adjacent to an activating group) is 1. The van der Waals surface area contributed by atoms with E-state index in [4.69, 9.17) is 5.73 Å². The summed E-state index contributed by atoms with van der Waals surface area (Å²) in [5.41, 5.74) is 7.80. The van der Waals surface area contributed by atoms with Crippen LogP contribution >= 0.6 is 0 Å². The molecular formula is C13H17N3O2. The number of nitrogen functional groups attached to an aromatic ring is 1. The van der Waals surface area contributed by atoms with Gasteiger partial charge in [0, 0.05) is 19.2 Å². The molecule has 1 aromatic rings. The molecule has 0 saturated heterocycles. The lowest BCUT2D eigenvalue weighted by atomic mass is 9.77. The maximum absolute atomic E-state index is 12.0. The highest BCUT2D eigenvalue weighted by molar-refractivity contribution is 5.88. The van der Waals surface area contributed by atoms with Crippen molar-refractivity contribution < 1.29 is 9.59 Å². The summed E-state index contributed by atoms with van der Waals surface area (Å²) in [6, 6.07) is 5.72. The van der Waals surface area contributed by atoms with Gasteiger partial charge in [-0.3, -0.25) is 9.59 Å². The van der Waals surface area contributed by atoms with Gasteiger partial charge in [-0.25, -0.2) is 0 Å². The monoisotopic (exact) mass is 247 g/mol. The van der Waals surface area contributed by atoms with Crippen LogP contribution in [0.1, 0.15) is 17.5 Å². The molecule has 96 valence electrons. The molecule has 18 heavy (non-hydrogen) atoms. The van der Waals surface area contributed by atoms with Gasteiger partial charge in [0.05, 0.1) is 0 Å². The van der Waals surface area contributed by atoms with Crippen LogP contribution in [0.2, 0.25) is 0 Å². The summed E-state index contributed by atoms with van der Waals surface area (Å²) in [6.07, 6.45) is 2.42. The van der Waals surface area contributed by atoms with Gasteiger partial charge in [0.15, 0.2) is 0 Å². The smallest absolute Gasteiger partial charge is 0.245 e. The van der Waals surface area contributed by atoms with Gasteiger partial charge in [0.2, 0.25) is 12.3 Å². The predicted octanol–water partition coefficient (Wildman–Crippen LogP) is -0.0117. The van der Waals surface area contributed by atoms with Gasteiger partial charge in [0.1, 0.15) is 5.54 Å². The molecular weight excluding hydrogens is 230 g/mol. The fraction of sp³-hybridized carbons (Fsp3) is 0.385. The van der Waals surface area contributed by atoms with Crippen molar-refractivity contribution in [2.75, 3.05) is 12.8 Å². The molecule has 1 aliphatic rings. The van der Waals surface area contributed by atoms with E-state index in [1.807, 2.05) is 18.2 Å². The van der Waals surface area contributed by atoms with E-state index in [9.17, 15) is 9.59 Å². The summed E-state index contributed by atoms with van der Waals surface area (Å²) in [5, 5.41) is 5.29. The normalized spacial score (nSPS) is 21.8. The Bertz CT molecular complexity index is 487. The fourth-order valence-electron chi connectivity index (χ4n) is 2.55. The Labute approximate surface area is 106 Å². The molecule has 5 nitrogen and oxygen atoms in total. The largest absolute Gasteiger partial charge is 0.399 e. The van der Waals surface area contributed by atoms with Gasteiger partial charge in [-0.05, 0) is 36.1 Å². The molecule has 5 heteroatoms. The van der Waals surface area contributed by atoms with E-state index in [0.29, 0.717) is 24.9 Å². The van der Waals surface area contributed by atoms with Crippen molar-refractivity contribution >= 4 is 18.0 Å². The topological polar surface area (TPSA) is 84.2 Å². The van der Waals surface area contributed by atoms with Crippen molar-refractivity contribution in [2.45, 2.75) is 24.8 Å². The summed E-state index contributed by atoms with van der Waals surface area (Å²) in [7, 11) is 1.57. The standard InChI is InChI=1S/C13H17N3O2/c1-15-12(18)13(16-8-17)5-4-9-2-3-11(14)6-10(9)7-13/h2-3,6,8H,4-5,7,14H2,1H3,(H,15,18)(H,16,17). The molecule has 0 aromatic heterocycles. The minimum atomic E-state index is -0.850. The average molecular weight is 247 g/mol. The third-order valence-electron chi connectivity index (χ3n) is 3.54. The zero-order chi connectivity index (χ0) is 13.2. The van der Waals surface area contributed by atoms with Gasteiger partial charge in [-0.15, -0.1) is 0 Å². The Kier molecular flexibility index (Phi) is 3.23. The van der Waals surface area contributed by atoms with E-state index in [2.05, 4.69) is 10.6 Å². The predicted molar refractivity (Wildman–Crippen MR) is 68.9 cm³/mol. The maximum atomic E-state index is 12.0. The first kappa shape index (κ1) is 12.4. The minimum Gasteiger partial charge on any atom is -0.399 e. The average Bonchev–Trinajstić information content (AvgIpc) is 2.37. The number of rotatable bonds is 3. The van der Waals surface area contributed by atoms with E-state index >= 15 is 0 Å². The Morgan fingerprint density at radius 1 is 1.44 bits per heavy atom. The summed E-state index contributed by atoms with van der Waals surface area (Å²) < 4.78 is 0. The lowest BCUT2D eigenvalue weighted by Gasteiger charge is -2.36. The van der Waals surface area contributed by atoms with Crippen LogP contribution in [-0.4, -0.2) is 24.9 Å². The number of carbonyl (C=O) groups excluding carboxylic acids is 2. The molecule has 0 spiro atoms. The molecule has 0 radical (unpaired) electrons. The van der Waals surface area contributed by atoms with Crippen LogP contribution in [0.3, 0.4) is 0 Å².